The standard InChI is InChI=1S/C60H60N2O/c1-5-8-16-44-25-35-55-54(39-44)52-34-36-56-59(53-33-24-45(17-9-6-2)40-57(53)62(56)51-20-14-11-15-21-51)60(52)61(55)41-46-22-27-48(28-23-46)42(4)38-47(7-3)49-29-31-50(32-30-49)58(63)37-26-43-18-12-10-13-19-43/h10-15,18-37,39-40,42,47H,5-9,16-17,38,41H2,1-4H3/b37-26+. The van der Waals surface area contributed by atoms with Crippen LogP contribution < -0.4 is 0 Å². The van der Waals surface area contributed by atoms with Gasteiger partial charge in [0.2, 0.25) is 0 Å². The number of aryl methyl sites for hydroxylation is 2. The highest BCUT2D eigenvalue weighted by Gasteiger charge is 2.22. The summed E-state index contributed by atoms with van der Waals surface area (Å²) in [7, 11) is 0. The third-order valence-corrected chi connectivity index (χ3v) is 13.4. The van der Waals surface area contributed by atoms with Crippen molar-refractivity contribution in [1.29, 1.82) is 0 Å². The first-order chi connectivity index (χ1) is 30.9. The lowest BCUT2D eigenvalue weighted by atomic mass is 9.84. The molecule has 2 atom stereocenters. The number of aromatic nitrogens is 2. The number of para-hydroxylation sites is 1. The van der Waals surface area contributed by atoms with Gasteiger partial charge in [-0.15, -0.1) is 0 Å². The highest BCUT2D eigenvalue weighted by Crippen LogP contribution is 2.42. The number of nitrogens with zero attached hydrogens (tertiary/aromatic N) is 2. The smallest absolute Gasteiger partial charge is 0.185 e. The van der Waals surface area contributed by atoms with E-state index in [-0.39, 0.29) is 5.78 Å². The molecule has 0 fully saturated rings. The van der Waals surface area contributed by atoms with E-state index >= 15 is 0 Å². The summed E-state index contributed by atoms with van der Waals surface area (Å²) in [6.45, 7) is 9.98. The summed E-state index contributed by atoms with van der Waals surface area (Å²) in [5.74, 6) is 0.829. The molecular formula is C60H60N2O. The molecule has 3 nitrogen and oxygen atoms in total. The van der Waals surface area contributed by atoms with Gasteiger partial charge in [0.25, 0.3) is 0 Å². The quantitative estimate of drug-likeness (QED) is 0.0664. The minimum absolute atomic E-state index is 0.0318. The van der Waals surface area contributed by atoms with Crippen molar-refractivity contribution in [2.45, 2.75) is 97.4 Å². The molecule has 63 heavy (non-hydrogen) atoms. The number of carbonyl (C=O) groups excluding carboxylic acids is 1. The molecule has 0 aliphatic carbocycles. The van der Waals surface area contributed by atoms with Gasteiger partial charge in [-0.1, -0.05) is 168 Å². The van der Waals surface area contributed by atoms with Crippen LogP contribution in [0.15, 0.2) is 164 Å². The van der Waals surface area contributed by atoms with E-state index in [9.17, 15) is 4.79 Å². The summed E-state index contributed by atoms with van der Waals surface area (Å²) in [4.78, 5) is 13.0. The number of allylic oxidation sites excluding steroid dienone is 1. The van der Waals surface area contributed by atoms with E-state index in [1.54, 1.807) is 6.08 Å². The van der Waals surface area contributed by atoms with Gasteiger partial charge in [0.05, 0.1) is 16.6 Å². The van der Waals surface area contributed by atoms with Gasteiger partial charge in [0.1, 0.15) is 0 Å². The Morgan fingerprint density at radius 1 is 0.587 bits per heavy atom. The molecule has 9 rings (SSSR count). The Kier molecular flexibility index (Phi) is 12.6. The minimum Gasteiger partial charge on any atom is -0.335 e. The molecular weight excluding hydrogens is 765 g/mol. The van der Waals surface area contributed by atoms with Crippen molar-refractivity contribution >= 4 is 55.5 Å². The number of fused-ring (bicyclic) bond motifs is 7. The van der Waals surface area contributed by atoms with Gasteiger partial charge in [0.15, 0.2) is 5.78 Å². The van der Waals surface area contributed by atoms with Crippen LogP contribution in [-0.2, 0) is 19.4 Å². The molecule has 316 valence electrons. The summed E-state index contributed by atoms with van der Waals surface area (Å²) in [6.07, 6.45) is 12.6. The Balaban J connectivity index is 1.04. The van der Waals surface area contributed by atoms with Crippen LogP contribution >= 0.6 is 0 Å². The van der Waals surface area contributed by atoms with Gasteiger partial charge >= 0.3 is 0 Å². The largest absolute Gasteiger partial charge is 0.335 e. The van der Waals surface area contributed by atoms with Crippen LogP contribution in [0.2, 0.25) is 0 Å². The van der Waals surface area contributed by atoms with Gasteiger partial charge in [0, 0.05) is 44.9 Å². The van der Waals surface area contributed by atoms with E-state index in [0.29, 0.717) is 11.8 Å². The Bertz CT molecular complexity index is 3020. The highest BCUT2D eigenvalue weighted by molar-refractivity contribution is 6.25. The molecule has 2 aromatic heterocycles. The normalized spacial score (nSPS) is 12.9. The van der Waals surface area contributed by atoms with Crippen molar-refractivity contribution in [2.75, 3.05) is 0 Å². The summed E-state index contributed by atoms with van der Waals surface area (Å²) >= 11 is 0. The summed E-state index contributed by atoms with van der Waals surface area (Å²) in [5.41, 5.74) is 14.9. The number of carbonyl (C=O) groups is 1. The Hall–Kier alpha value is -6.45. The Morgan fingerprint density at radius 2 is 1.21 bits per heavy atom. The van der Waals surface area contributed by atoms with Crippen molar-refractivity contribution in [1.82, 2.24) is 9.13 Å². The summed E-state index contributed by atoms with van der Waals surface area (Å²) in [5, 5.41) is 5.31. The predicted molar refractivity (Wildman–Crippen MR) is 269 cm³/mol. The monoisotopic (exact) mass is 824 g/mol. The SMILES string of the molecule is CCCCc1ccc2c(c1)c1ccc3c(c4ccc(CCCC)cc4n3-c3ccccc3)c1n2Cc1ccc(C(C)CC(CC)c2ccc(C(=O)/C=C/c3ccccc3)cc2)cc1. The number of unbranched alkanes of at least 4 members (excludes halogenated alkanes) is 2. The molecule has 2 unspecified atom stereocenters. The average molecular weight is 825 g/mol. The molecule has 9 aromatic rings. The lowest BCUT2D eigenvalue weighted by Crippen LogP contribution is -2.05. The lowest BCUT2D eigenvalue weighted by Gasteiger charge is -2.21. The summed E-state index contributed by atoms with van der Waals surface area (Å²) in [6, 6.07) is 57.8. The zero-order chi connectivity index (χ0) is 43.3. The molecule has 0 spiro atoms. The molecule has 0 radical (unpaired) electrons. The van der Waals surface area contributed by atoms with Crippen molar-refractivity contribution in [3.63, 3.8) is 0 Å². The fraction of sp³-hybridized carbons (Fsp3) is 0.250. The van der Waals surface area contributed by atoms with Crippen LogP contribution in [0.4, 0.5) is 0 Å². The third kappa shape index (κ3) is 8.67. The number of hydrogen-bond donors (Lipinski definition) is 0. The van der Waals surface area contributed by atoms with Crippen LogP contribution in [-0.4, -0.2) is 14.9 Å². The van der Waals surface area contributed by atoms with Crippen LogP contribution in [0.25, 0.3) is 55.4 Å². The first kappa shape index (κ1) is 41.9. The lowest BCUT2D eigenvalue weighted by molar-refractivity contribution is 0.104. The minimum atomic E-state index is 0.0318. The first-order valence-corrected chi connectivity index (χ1v) is 23.5. The van der Waals surface area contributed by atoms with Crippen LogP contribution in [0, 0.1) is 0 Å². The van der Waals surface area contributed by atoms with E-state index in [4.69, 9.17) is 0 Å². The molecule has 0 amide bonds. The summed E-state index contributed by atoms with van der Waals surface area (Å²) < 4.78 is 5.10. The van der Waals surface area contributed by atoms with Crippen molar-refractivity contribution in [3.05, 3.63) is 203 Å². The molecule has 0 saturated heterocycles. The molecule has 0 saturated carbocycles. The maximum absolute atomic E-state index is 13.0. The molecule has 7 aromatic carbocycles. The molecule has 3 heteroatoms. The van der Waals surface area contributed by atoms with Gasteiger partial charge < -0.3 is 9.13 Å². The first-order valence-electron chi connectivity index (χ1n) is 23.5. The molecule has 0 bridgehead atoms. The fourth-order valence-corrected chi connectivity index (χ4v) is 9.87. The maximum atomic E-state index is 13.0. The number of ketones is 1. The topological polar surface area (TPSA) is 26.9 Å². The zero-order valence-corrected chi connectivity index (χ0v) is 37.5. The van der Waals surface area contributed by atoms with Crippen molar-refractivity contribution in [3.8, 4) is 5.69 Å². The van der Waals surface area contributed by atoms with Gasteiger partial charge in [-0.05, 0) is 126 Å². The van der Waals surface area contributed by atoms with E-state index in [2.05, 4.69) is 152 Å². The molecule has 0 aliphatic rings. The molecule has 0 N–H and O–H groups in total. The van der Waals surface area contributed by atoms with E-state index in [0.717, 1.165) is 43.4 Å². The van der Waals surface area contributed by atoms with Gasteiger partial charge in [-0.25, -0.2) is 0 Å². The fourth-order valence-electron chi connectivity index (χ4n) is 9.87. The Labute approximate surface area is 373 Å². The second-order valence-electron chi connectivity index (χ2n) is 17.7. The maximum Gasteiger partial charge on any atom is 0.185 e. The second-order valence-corrected chi connectivity index (χ2v) is 17.7. The number of rotatable bonds is 17. The second kappa shape index (κ2) is 18.9. The van der Waals surface area contributed by atoms with Crippen molar-refractivity contribution < 1.29 is 4.79 Å². The van der Waals surface area contributed by atoms with E-state index in [1.807, 2.05) is 48.5 Å². The van der Waals surface area contributed by atoms with Crippen LogP contribution in [0.5, 0.6) is 0 Å². The Morgan fingerprint density at radius 3 is 1.90 bits per heavy atom. The van der Waals surface area contributed by atoms with Gasteiger partial charge in [-0.2, -0.15) is 0 Å². The van der Waals surface area contributed by atoms with E-state index < -0.39 is 0 Å². The van der Waals surface area contributed by atoms with Gasteiger partial charge in [-0.3, -0.25) is 4.79 Å². The highest BCUT2D eigenvalue weighted by atomic mass is 16.1. The average Bonchev–Trinajstić information content (AvgIpc) is 3.83. The van der Waals surface area contributed by atoms with Crippen LogP contribution in [0.1, 0.15) is 122 Å². The predicted octanol–water partition coefficient (Wildman–Crippen LogP) is 16.2. The van der Waals surface area contributed by atoms with Crippen molar-refractivity contribution in [2.24, 2.45) is 0 Å². The van der Waals surface area contributed by atoms with E-state index in [1.165, 1.54) is 103 Å². The third-order valence-electron chi connectivity index (χ3n) is 13.4. The molecule has 2 heterocycles. The molecule has 0 aliphatic heterocycles. The number of hydrogen-bond acceptors (Lipinski definition) is 1. The van der Waals surface area contributed by atoms with Crippen LogP contribution in [0.3, 0.4) is 0 Å². The zero-order valence-electron chi connectivity index (χ0n) is 37.5. The number of benzene rings is 7.